The Bertz CT molecular complexity index is 1110. The van der Waals surface area contributed by atoms with Gasteiger partial charge < -0.3 is 14.6 Å². The molecule has 1 amide bonds. The topological polar surface area (TPSA) is 67.3 Å². The predicted molar refractivity (Wildman–Crippen MR) is 106 cm³/mol. The lowest BCUT2D eigenvalue weighted by atomic mass is 10.2. The predicted octanol–water partition coefficient (Wildman–Crippen LogP) is 3.05. The number of aromatic nitrogens is 2. The summed E-state index contributed by atoms with van der Waals surface area (Å²) in [6, 6.07) is 14.3. The van der Waals surface area contributed by atoms with Crippen LogP contribution in [0.15, 0.2) is 53.3 Å². The molecule has 7 heteroatoms. The zero-order valence-electron chi connectivity index (χ0n) is 14.7. The Labute approximate surface area is 161 Å². The van der Waals surface area contributed by atoms with E-state index in [1.807, 2.05) is 23.1 Å². The summed E-state index contributed by atoms with van der Waals surface area (Å²) in [6.45, 7) is 1.58. The van der Waals surface area contributed by atoms with Crippen molar-refractivity contribution in [3.8, 4) is 11.4 Å². The van der Waals surface area contributed by atoms with Crippen LogP contribution in [-0.2, 0) is 4.79 Å². The van der Waals surface area contributed by atoms with Gasteiger partial charge in [-0.3, -0.25) is 14.2 Å². The number of hydrogen-bond donors (Lipinski definition) is 1. The molecule has 1 aliphatic rings. The fourth-order valence-corrected chi connectivity index (χ4v) is 3.61. The van der Waals surface area contributed by atoms with Crippen LogP contribution in [0.3, 0.4) is 0 Å². The van der Waals surface area contributed by atoms with Crippen LogP contribution >= 0.6 is 12.2 Å². The maximum Gasteiger partial charge on any atom is 0.266 e. The second-order valence-electron chi connectivity index (χ2n) is 6.49. The minimum absolute atomic E-state index is 0.0110. The minimum atomic E-state index is -0.195. The van der Waals surface area contributed by atoms with Crippen molar-refractivity contribution in [1.29, 1.82) is 0 Å². The minimum Gasteiger partial charge on any atom is -0.484 e. The summed E-state index contributed by atoms with van der Waals surface area (Å²) in [5, 5.41) is 0.557. The molecule has 1 fully saturated rings. The van der Waals surface area contributed by atoms with Crippen LogP contribution in [0, 0.1) is 4.77 Å². The van der Waals surface area contributed by atoms with E-state index in [-0.39, 0.29) is 18.1 Å². The summed E-state index contributed by atoms with van der Waals surface area (Å²) in [6.07, 6.45) is 2.09. The molecule has 0 bridgehead atoms. The highest BCUT2D eigenvalue weighted by molar-refractivity contribution is 7.71. The Morgan fingerprint density at radius 2 is 1.89 bits per heavy atom. The summed E-state index contributed by atoms with van der Waals surface area (Å²) < 4.78 is 7.41. The largest absolute Gasteiger partial charge is 0.484 e. The molecular formula is C20H19N3O3S. The number of nitrogens with zero attached hydrogens (tertiary/aromatic N) is 2. The van der Waals surface area contributed by atoms with Crippen LogP contribution in [0.5, 0.6) is 5.75 Å². The number of rotatable bonds is 4. The fraction of sp³-hybridized carbons (Fsp3) is 0.250. The van der Waals surface area contributed by atoms with Crippen molar-refractivity contribution in [1.82, 2.24) is 14.5 Å². The first-order valence-electron chi connectivity index (χ1n) is 8.88. The molecule has 1 aromatic heterocycles. The third-order valence-electron chi connectivity index (χ3n) is 4.70. The van der Waals surface area contributed by atoms with Gasteiger partial charge >= 0.3 is 0 Å². The highest BCUT2D eigenvalue weighted by Crippen LogP contribution is 2.18. The number of likely N-dealkylation sites (tertiary alicyclic amines) is 1. The Kier molecular flexibility index (Phi) is 4.77. The van der Waals surface area contributed by atoms with E-state index in [9.17, 15) is 9.59 Å². The van der Waals surface area contributed by atoms with Gasteiger partial charge in [-0.05, 0) is 49.3 Å². The molecule has 0 saturated carbocycles. The van der Waals surface area contributed by atoms with Gasteiger partial charge in [0.15, 0.2) is 11.4 Å². The third-order valence-corrected chi connectivity index (χ3v) is 4.99. The van der Waals surface area contributed by atoms with Crippen LogP contribution < -0.4 is 10.3 Å². The highest BCUT2D eigenvalue weighted by atomic mass is 32.1. The van der Waals surface area contributed by atoms with Crippen LogP contribution in [-0.4, -0.2) is 40.1 Å². The number of carbonyl (C=O) groups is 1. The molecule has 1 saturated heterocycles. The van der Waals surface area contributed by atoms with Crippen molar-refractivity contribution in [2.45, 2.75) is 12.8 Å². The number of fused-ring (bicyclic) bond motifs is 1. The number of benzene rings is 2. The summed E-state index contributed by atoms with van der Waals surface area (Å²) in [7, 11) is 0. The van der Waals surface area contributed by atoms with Crippen LogP contribution in [0.1, 0.15) is 12.8 Å². The number of ether oxygens (including phenoxy) is 1. The van der Waals surface area contributed by atoms with E-state index in [2.05, 4.69) is 4.98 Å². The van der Waals surface area contributed by atoms with Crippen molar-refractivity contribution in [2.75, 3.05) is 19.7 Å². The van der Waals surface area contributed by atoms with Gasteiger partial charge in [0.1, 0.15) is 5.75 Å². The van der Waals surface area contributed by atoms with E-state index in [4.69, 9.17) is 17.0 Å². The van der Waals surface area contributed by atoms with Gasteiger partial charge in [0.2, 0.25) is 0 Å². The lowest BCUT2D eigenvalue weighted by molar-refractivity contribution is -0.132. The van der Waals surface area contributed by atoms with Crippen molar-refractivity contribution in [2.24, 2.45) is 0 Å². The number of hydrogen-bond acceptors (Lipinski definition) is 4. The Balaban J connectivity index is 1.63. The quantitative estimate of drug-likeness (QED) is 0.706. The standard InChI is InChI=1S/C20H19N3O3S/c24-18(22-10-3-4-11-22)13-26-15-7-5-6-14(12-15)23-19(25)16-8-1-2-9-17(16)21-20(23)27/h1-2,5-9,12H,3-4,10-11,13H2,(H,21,27). The van der Waals surface area contributed by atoms with E-state index in [1.165, 1.54) is 4.57 Å². The molecule has 4 rings (SSSR count). The summed E-state index contributed by atoms with van der Waals surface area (Å²) in [5.74, 6) is 0.507. The second kappa shape index (κ2) is 7.36. The zero-order chi connectivity index (χ0) is 18.8. The van der Waals surface area contributed by atoms with Gasteiger partial charge in [0, 0.05) is 19.2 Å². The van der Waals surface area contributed by atoms with Crippen LogP contribution in [0.2, 0.25) is 0 Å². The molecule has 3 aromatic rings. The maximum absolute atomic E-state index is 12.9. The smallest absolute Gasteiger partial charge is 0.266 e. The molecule has 0 spiro atoms. The summed E-state index contributed by atoms with van der Waals surface area (Å²) >= 11 is 5.38. The summed E-state index contributed by atoms with van der Waals surface area (Å²) in [5.41, 5.74) is 1.10. The second-order valence-corrected chi connectivity index (χ2v) is 6.88. The molecule has 0 aliphatic carbocycles. The van der Waals surface area contributed by atoms with E-state index in [0.29, 0.717) is 27.1 Å². The first-order chi connectivity index (χ1) is 13.1. The fourth-order valence-electron chi connectivity index (χ4n) is 3.31. The van der Waals surface area contributed by atoms with Gasteiger partial charge in [-0.1, -0.05) is 18.2 Å². The Morgan fingerprint density at radius 3 is 2.70 bits per heavy atom. The average molecular weight is 381 g/mol. The van der Waals surface area contributed by atoms with E-state index in [0.717, 1.165) is 25.9 Å². The zero-order valence-corrected chi connectivity index (χ0v) is 15.5. The van der Waals surface area contributed by atoms with Gasteiger partial charge in [-0.2, -0.15) is 0 Å². The van der Waals surface area contributed by atoms with Crippen LogP contribution in [0.25, 0.3) is 16.6 Å². The van der Waals surface area contributed by atoms with Crippen molar-refractivity contribution < 1.29 is 9.53 Å². The molecule has 138 valence electrons. The van der Waals surface area contributed by atoms with Crippen molar-refractivity contribution >= 4 is 29.0 Å². The molecule has 0 radical (unpaired) electrons. The number of carbonyl (C=O) groups excluding carboxylic acids is 1. The number of para-hydroxylation sites is 1. The van der Waals surface area contributed by atoms with Gasteiger partial charge in [0.05, 0.1) is 16.6 Å². The monoisotopic (exact) mass is 381 g/mol. The van der Waals surface area contributed by atoms with Gasteiger partial charge in [0.25, 0.3) is 11.5 Å². The first kappa shape index (κ1) is 17.5. The third kappa shape index (κ3) is 3.50. The summed E-state index contributed by atoms with van der Waals surface area (Å²) in [4.78, 5) is 29.9. The van der Waals surface area contributed by atoms with Crippen LogP contribution in [0.4, 0.5) is 0 Å². The Hall–Kier alpha value is -2.93. The molecule has 0 unspecified atom stereocenters. The molecule has 2 aromatic carbocycles. The van der Waals surface area contributed by atoms with E-state index in [1.54, 1.807) is 30.3 Å². The maximum atomic E-state index is 12.9. The Morgan fingerprint density at radius 1 is 1.11 bits per heavy atom. The molecular weight excluding hydrogens is 362 g/mol. The molecule has 1 N–H and O–H groups in total. The molecule has 2 heterocycles. The lowest BCUT2D eigenvalue weighted by Gasteiger charge is -2.16. The molecule has 0 atom stereocenters. The first-order valence-corrected chi connectivity index (χ1v) is 9.29. The number of aromatic amines is 1. The number of amides is 1. The molecule has 27 heavy (non-hydrogen) atoms. The lowest BCUT2D eigenvalue weighted by Crippen LogP contribution is -2.32. The normalized spacial score (nSPS) is 13.9. The average Bonchev–Trinajstić information content (AvgIpc) is 3.21. The molecule has 6 nitrogen and oxygen atoms in total. The van der Waals surface area contributed by atoms with Crippen molar-refractivity contribution in [3.63, 3.8) is 0 Å². The molecule has 1 aliphatic heterocycles. The number of nitrogens with one attached hydrogen (secondary N) is 1. The number of H-pyrrole nitrogens is 1. The highest BCUT2D eigenvalue weighted by Gasteiger charge is 2.18. The van der Waals surface area contributed by atoms with Crippen molar-refractivity contribution in [3.05, 3.63) is 63.7 Å². The van der Waals surface area contributed by atoms with Gasteiger partial charge in [-0.25, -0.2) is 0 Å². The van der Waals surface area contributed by atoms with Gasteiger partial charge in [-0.15, -0.1) is 0 Å². The van der Waals surface area contributed by atoms with E-state index < -0.39 is 0 Å². The van der Waals surface area contributed by atoms with E-state index >= 15 is 0 Å². The SMILES string of the molecule is O=C(COc1cccc(-n2c(=S)[nH]c3ccccc3c2=O)c1)N1CCCC1.